The number of ketones is 1. The summed E-state index contributed by atoms with van der Waals surface area (Å²) in [6, 6.07) is 19.5. The van der Waals surface area contributed by atoms with Gasteiger partial charge in [0.15, 0.2) is 5.60 Å². The first-order valence-corrected chi connectivity index (χ1v) is 16.0. The lowest BCUT2D eigenvalue weighted by molar-refractivity contribution is -0.00688. The van der Waals surface area contributed by atoms with Crippen LogP contribution < -0.4 is 14.2 Å². The van der Waals surface area contributed by atoms with Gasteiger partial charge >= 0.3 is 0 Å². The number of benzene rings is 4. The van der Waals surface area contributed by atoms with Crippen molar-refractivity contribution in [2.24, 2.45) is 0 Å². The predicted molar refractivity (Wildman–Crippen MR) is 171 cm³/mol. The Morgan fingerprint density at radius 3 is 2.40 bits per heavy atom. The van der Waals surface area contributed by atoms with E-state index in [4.69, 9.17) is 14.2 Å². The van der Waals surface area contributed by atoms with E-state index in [9.17, 15) is 22.9 Å². The molecular weight excluding hydrogens is 592 g/mol. The Kier molecular flexibility index (Phi) is 7.39. The molecule has 8 nitrogen and oxygen atoms in total. The highest BCUT2D eigenvalue weighted by molar-refractivity contribution is 7.86. The minimum absolute atomic E-state index is 0.145. The minimum atomic E-state index is -4.50. The van der Waals surface area contributed by atoms with Gasteiger partial charge in [0, 0.05) is 5.56 Å². The number of ether oxygens (including phenoxy) is 3. The van der Waals surface area contributed by atoms with Crippen molar-refractivity contribution >= 4 is 22.0 Å². The Bertz CT molecular complexity index is 1990. The third-order valence-corrected chi connectivity index (χ3v) is 9.48. The number of hydrogen-bond donors (Lipinski definition) is 2. The fraction of sp³-hybridized carbons (Fsp3) is 0.250. The average Bonchev–Trinajstić information content (AvgIpc) is 2.97. The van der Waals surface area contributed by atoms with Crippen LogP contribution in [-0.4, -0.2) is 36.1 Å². The van der Waals surface area contributed by atoms with Gasteiger partial charge in [-0.25, -0.2) is 0 Å². The summed E-state index contributed by atoms with van der Waals surface area (Å²) in [5, 5.41) is 12.1. The number of Topliss-reactive ketones (excluding diaryl/α,β-unsaturated/α-hetero) is 1. The fourth-order valence-electron chi connectivity index (χ4n) is 6.31. The van der Waals surface area contributed by atoms with Gasteiger partial charge in [0.2, 0.25) is 5.78 Å². The molecule has 1 atom stereocenters. The molecule has 2 aliphatic rings. The summed E-state index contributed by atoms with van der Waals surface area (Å²) < 4.78 is 53.0. The molecule has 9 heteroatoms. The predicted octanol–water partition coefficient (Wildman–Crippen LogP) is 6.75. The zero-order chi connectivity index (χ0) is 32.3. The lowest BCUT2D eigenvalue weighted by Gasteiger charge is -2.36. The van der Waals surface area contributed by atoms with E-state index in [0.717, 1.165) is 11.1 Å². The van der Waals surface area contributed by atoms with Crippen molar-refractivity contribution in [3.05, 3.63) is 112 Å². The highest BCUT2D eigenvalue weighted by atomic mass is 32.2. The fourth-order valence-corrected chi connectivity index (χ4v) is 7.27. The van der Waals surface area contributed by atoms with E-state index in [2.05, 4.69) is 0 Å². The van der Waals surface area contributed by atoms with E-state index in [1.165, 1.54) is 0 Å². The molecule has 0 bridgehead atoms. The van der Waals surface area contributed by atoms with Crippen molar-refractivity contribution in [2.45, 2.75) is 57.3 Å². The molecule has 2 aliphatic heterocycles. The molecule has 2 heterocycles. The first-order valence-electron chi connectivity index (χ1n) is 14.5. The minimum Gasteiger partial charge on any atom is -0.488 e. The van der Waals surface area contributed by atoms with Crippen LogP contribution in [0.1, 0.15) is 57.6 Å². The molecule has 0 aliphatic carbocycles. The SMILES string of the molecule is Cc1cc(C)c(S(=O)(=O)O)c(C)c1-c1ccc(C2(O)COc3c(ccc4c3C=CC(C)(C)O4)C2=O)c(OCc2ccccc2)c1. The van der Waals surface area contributed by atoms with Crippen molar-refractivity contribution in [1.82, 2.24) is 0 Å². The average molecular weight is 627 g/mol. The zero-order valence-corrected chi connectivity index (χ0v) is 26.5. The molecule has 4 aromatic carbocycles. The lowest BCUT2D eigenvalue weighted by atomic mass is 9.82. The molecular formula is C36H34O8S. The second kappa shape index (κ2) is 10.9. The van der Waals surface area contributed by atoms with E-state index < -0.39 is 27.1 Å². The largest absolute Gasteiger partial charge is 0.488 e. The second-order valence-electron chi connectivity index (χ2n) is 12.2. The van der Waals surface area contributed by atoms with Crippen LogP contribution in [0.3, 0.4) is 0 Å². The van der Waals surface area contributed by atoms with Crippen molar-refractivity contribution < 1.29 is 37.1 Å². The van der Waals surface area contributed by atoms with Gasteiger partial charge in [0.25, 0.3) is 10.1 Å². The van der Waals surface area contributed by atoms with E-state index in [1.54, 1.807) is 50.2 Å². The van der Waals surface area contributed by atoms with Crippen molar-refractivity contribution in [1.29, 1.82) is 0 Å². The molecule has 0 aromatic heterocycles. The molecule has 0 fully saturated rings. The maximum absolute atomic E-state index is 14.1. The van der Waals surface area contributed by atoms with Gasteiger partial charge in [0.05, 0.1) is 11.1 Å². The zero-order valence-electron chi connectivity index (χ0n) is 25.7. The quantitative estimate of drug-likeness (QED) is 0.226. The van der Waals surface area contributed by atoms with Crippen LogP contribution in [0.25, 0.3) is 17.2 Å². The number of aryl methyl sites for hydroxylation is 2. The van der Waals surface area contributed by atoms with E-state index in [-0.39, 0.29) is 35.0 Å². The topological polar surface area (TPSA) is 119 Å². The molecule has 232 valence electrons. The van der Waals surface area contributed by atoms with Crippen molar-refractivity contribution in [3.8, 4) is 28.4 Å². The maximum atomic E-state index is 14.1. The third-order valence-electron chi connectivity index (χ3n) is 8.34. The molecule has 4 aromatic rings. The molecule has 2 N–H and O–H groups in total. The Morgan fingerprint density at radius 2 is 1.69 bits per heavy atom. The number of aliphatic hydroxyl groups is 1. The number of hydrogen-bond acceptors (Lipinski definition) is 7. The second-order valence-corrected chi connectivity index (χ2v) is 13.5. The Hall–Kier alpha value is -4.44. The van der Waals surface area contributed by atoms with E-state index >= 15 is 0 Å². The van der Waals surface area contributed by atoms with Gasteiger partial charge in [-0.3, -0.25) is 9.35 Å². The Balaban J connectivity index is 1.47. The van der Waals surface area contributed by atoms with Crippen molar-refractivity contribution in [2.75, 3.05) is 6.61 Å². The molecule has 0 saturated heterocycles. The molecule has 0 saturated carbocycles. The van der Waals surface area contributed by atoms with Gasteiger partial charge in [-0.1, -0.05) is 48.5 Å². The van der Waals surface area contributed by atoms with Gasteiger partial charge < -0.3 is 19.3 Å². The third kappa shape index (κ3) is 5.41. The maximum Gasteiger partial charge on any atom is 0.295 e. The molecule has 1 unspecified atom stereocenters. The smallest absolute Gasteiger partial charge is 0.295 e. The number of carbonyl (C=O) groups excluding carboxylic acids is 1. The van der Waals surface area contributed by atoms with Gasteiger partial charge in [-0.05, 0) is 98.4 Å². The van der Waals surface area contributed by atoms with Crippen LogP contribution in [0.4, 0.5) is 0 Å². The molecule has 6 rings (SSSR count). The van der Waals surface area contributed by atoms with Crippen LogP contribution in [0.5, 0.6) is 17.2 Å². The van der Waals surface area contributed by atoms with E-state index in [1.807, 2.05) is 63.3 Å². The summed E-state index contributed by atoms with van der Waals surface area (Å²) in [6.45, 7) is 8.77. The van der Waals surface area contributed by atoms with Crippen LogP contribution in [0.2, 0.25) is 0 Å². The van der Waals surface area contributed by atoms with Gasteiger partial charge in [-0.15, -0.1) is 0 Å². The summed E-state index contributed by atoms with van der Waals surface area (Å²) >= 11 is 0. The van der Waals surface area contributed by atoms with Gasteiger partial charge in [-0.2, -0.15) is 8.42 Å². The Labute approximate surface area is 262 Å². The monoisotopic (exact) mass is 626 g/mol. The van der Waals surface area contributed by atoms with E-state index in [0.29, 0.717) is 39.3 Å². The summed E-state index contributed by atoms with van der Waals surface area (Å²) in [7, 11) is -4.50. The molecule has 0 amide bonds. The highest BCUT2D eigenvalue weighted by Gasteiger charge is 2.47. The van der Waals surface area contributed by atoms with Crippen LogP contribution in [-0.2, 0) is 22.3 Å². The molecule has 0 spiro atoms. The first kappa shape index (κ1) is 30.6. The summed E-state index contributed by atoms with van der Waals surface area (Å²) in [5.41, 5.74) is 2.12. The van der Waals surface area contributed by atoms with Crippen LogP contribution in [0, 0.1) is 20.8 Å². The summed E-state index contributed by atoms with van der Waals surface area (Å²) in [5.74, 6) is 0.623. The number of carbonyl (C=O) groups is 1. The van der Waals surface area contributed by atoms with Gasteiger partial charge in [0.1, 0.15) is 41.0 Å². The Morgan fingerprint density at radius 1 is 0.956 bits per heavy atom. The number of fused-ring (bicyclic) bond motifs is 3. The summed E-state index contributed by atoms with van der Waals surface area (Å²) in [4.78, 5) is 13.9. The first-order chi connectivity index (χ1) is 21.2. The van der Waals surface area contributed by atoms with Crippen LogP contribution >= 0.6 is 0 Å². The molecule has 0 radical (unpaired) electrons. The molecule has 45 heavy (non-hydrogen) atoms. The number of rotatable bonds is 6. The standard InChI is InChI=1S/C36H34O8S/c1-21-17-22(2)33(45(39,40)41)23(3)31(21)25-11-13-28(30(18-25)42-19-24-9-7-6-8-10-24)36(38)20-43-32-26-15-16-35(4,5)44-29(26)14-12-27(32)34(36)37/h6-18,38H,19-20H2,1-5H3,(H,39,40,41). The highest BCUT2D eigenvalue weighted by Crippen LogP contribution is 2.46. The van der Waals surface area contributed by atoms with Crippen molar-refractivity contribution in [3.63, 3.8) is 0 Å². The normalized spacial score (nSPS) is 18.4. The summed E-state index contributed by atoms with van der Waals surface area (Å²) in [6.07, 6.45) is 3.76. The lowest BCUT2D eigenvalue weighted by Crippen LogP contribution is -2.45. The van der Waals surface area contributed by atoms with Crippen LogP contribution in [0.15, 0.2) is 77.7 Å².